The summed E-state index contributed by atoms with van der Waals surface area (Å²) in [6.07, 6.45) is 4.41. The smallest absolute Gasteiger partial charge is 0.127 e. The topological polar surface area (TPSA) is 9.23 Å². The summed E-state index contributed by atoms with van der Waals surface area (Å²) in [4.78, 5) is 0. The fraction of sp³-hybridized carbons (Fsp3) is 0.312. The zero-order valence-electron chi connectivity index (χ0n) is 11.0. The van der Waals surface area contributed by atoms with Crippen LogP contribution in [0.2, 0.25) is 0 Å². The minimum absolute atomic E-state index is 0.119. The van der Waals surface area contributed by atoms with Crippen LogP contribution in [0.15, 0.2) is 41.7 Å². The second kappa shape index (κ2) is 5.38. The first-order valence-electron chi connectivity index (χ1n) is 6.21. The van der Waals surface area contributed by atoms with Crippen molar-refractivity contribution >= 4 is 5.57 Å². The van der Waals surface area contributed by atoms with Crippen molar-refractivity contribution in [3.8, 4) is 5.75 Å². The van der Waals surface area contributed by atoms with E-state index in [1.165, 1.54) is 0 Å². The largest absolute Gasteiger partial charge is 0.497 e. The monoisotopic (exact) mass is 245 g/mol. The third-order valence-corrected chi connectivity index (χ3v) is 3.16. The van der Waals surface area contributed by atoms with E-state index < -0.39 is 0 Å². The molecule has 1 radical (unpaired) electrons. The molecule has 0 aromatic heterocycles. The highest BCUT2D eigenvalue weighted by molar-refractivity contribution is 5.82. The number of rotatable bonds is 3. The molecule has 1 aliphatic rings. The minimum Gasteiger partial charge on any atom is -0.497 e. The molecule has 0 bridgehead atoms. The summed E-state index contributed by atoms with van der Waals surface area (Å²) in [5, 5.41) is 0. The molecule has 1 aromatic rings. The van der Waals surface area contributed by atoms with Crippen LogP contribution in [0, 0.1) is 12.3 Å². The van der Waals surface area contributed by atoms with Gasteiger partial charge in [-0.25, -0.2) is 4.39 Å². The zero-order chi connectivity index (χ0) is 13.1. The summed E-state index contributed by atoms with van der Waals surface area (Å²) < 4.78 is 19.2. The third-order valence-electron chi connectivity index (χ3n) is 3.16. The van der Waals surface area contributed by atoms with Crippen LogP contribution in [0.1, 0.15) is 25.8 Å². The second-order valence-electron chi connectivity index (χ2n) is 4.71. The van der Waals surface area contributed by atoms with E-state index in [0.717, 1.165) is 22.5 Å². The van der Waals surface area contributed by atoms with Crippen molar-refractivity contribution in [1.82, 2.24) is 0 Å². The maximum absolute atomic E-state index is 14.1. The van der Waals surface area contributed by atoms with Crippen molar-refractivity contribution in [3.63, 3.8) is 0 Å². The van der Waals surface area contributed by atoms with Crippen molar-refractivity contribution in [2.75, 3.05) is 7.11 Å². The van der Waals surface area contributed by atoms with Crippen molar-refractivity contribution in [2.24, 2.45) is 5.92 Å². The van der Waals surface area contributed by atoms with Gasteiger partial charge in [-0.2, -0.15) is 0 Å². The van der Waals surface area contributed by atoms with Crippen molar-refractivity contribution in [1.29, 1.82) is 0 Å². The first-order valence-corrected chi connectivity index (χ1v) is 6.21. The Bertz CT molecular complexity index is 480. The van der Waals surface area contributed by atoms with E-state index in [9.17, 15) is 4.39 Å². The Morgan fingerprint density at radius 3 is 2.39 bits per heavy atom. The Labute approximate surface area is 108 Å². The number of benzene rings is 1. The normalized spacial score (nSPS) is 15.9. The summed E-state index contributed by atoms with van der Waals surface area (Å²) in [5.41, 5.74) is 2.71. The average molecular weight is 245 g/mol. The Morgan fingerprint density at radius 2 is 1.83 bits per heavy atom. The number of methoxy groups -OCH3 is 1. The molecule has 0 unspecified atom stereocenters. The zero-order valence-corrected chi connectivity index (χ0v) is 11.0. The molecule has 0 aliphatic heterocycles. The van der Waals surface area contributed by atoms with Gasteiger partial charge in [0.05, 0.1) is 7.11 Å². The summed E-state index contributed by atoms with van der Waals surface area (Å²) >= 11 is 0. The van der Waals surface area contributed by atoms with Gasteiger partial charge in [0.1, 0.15) is 11.6 Å². The average Bonchev–Trinajstić information content (AvgIpc) is 2.38. The molecule has 0 atom stereocenters. The Morgan fingerprint density at radius 1 is 1.17 bits per heavy atom. The Balaban J connectivity index is 2.46. The Kier molecular flexibility index (Phi) is 3.85. The fourth-order valence-electron chi connectivity index (χ4n) is 2.22. The van der Waals surface area contributed by atoms with Crippen LogP contribution in [-0.4, -0.2) is 7.11 Å². The predicted octanol–water partition coefficient (Wildman–Crippen LogP) is 4.57. The van der Waals surface area contributed by atoms with Crippen LogP contribution in [0.25, 0.3) is 5.57 Å². The van der Waals surface area contributed by atoms with Gasteiger partial charge in [-0.15, -0.1) is 0 Å². The number of allylic oxidation sites excluding steroid dienone is 4. The van der Waals surface area contributed by atoms with Crippen LogP contribution < -0.4 is 4.74 Å². The van der Waals surface area contributed by atoms with Gasteiger partial charge in [-0.1, -0.05) is 31.6 Å². The van der Waals surface area contributed by atoms with Gasteiger partial charge >= 0.3 is 0 Å². The van der Waals surface area contributed by atoms with Gasteiger partial charge < -0.3 is 4.74 Å². The first-order chi connectivity index (χ1) is 8.63. The predicted molar refractivity (Wildman–Crippen MR) is 72.9 cm³/mol. The van der Waals surface area contributed by atoms with Crippen LogP contribution in [0.3, 0.4) is 0 Å². The van der Waals surface area contributed by atoms with E-state index >= 15 is 0 Å². The maximum atomic E-state index is 14.1. The van der Waals surface area contributed by atoms with Gasteiger partial charge in [0.2, 0.25) is 0 Å². The molecule has 0 amide bonds. The molecule has 0 spiro atoms. The SMILES string of the molecule is COc1ccc(C2=C(C(C)C)[CH]CC=C2F)cc1. The van der Waals surface area contributed by atoms with E-state index in [4.69, 9.17) is 4.74 Å². The van der Waals surface area contributed by atoms with Gasteiger partial charge in [0.25, 0.3) is 0 Å². The molecule has 0 heterocycles. The fourth-order valence-corrected chi connectivity index (χ4v) is 2.22. The van der Waals surface area contributed by atoms with Gasteiger partial charge in [0, 0.05) is 5.57 Å². The molecule has 0 fully saturated rings. The first kappa shape index (κ1) is 12.9. The van der Waals surface area contributed by atoms with Gasteiger partial charge in [-0.05, 0) is 42.5 Å². The maximum Gasteiger partial charge on any atom is 0.127 e. The highest BCUT2D eigenvalue weighted by Crippen LogP contribution is 2.37. The molecule has 0 saturated carbocycles. The summed E-state index contributed by atoms with van der Waals surface area (Å²) in [6, 6.07) is 7.54. The van der Waals surface area contributed by atoms with Crippen molar-refractivity contribution < 1.29 is 9.13 Å². The lowest BCUT2D eigenvalue weighted by Gasteiger charge is -2.21. The van der Waals surface area contributed by atoms with Crippen LogP contribution in [0.5, 0.6) is 5.75 Å². The lowest BCUT2D eigenvalue weighted by Crippen LogP contribution is -2.05. The van der Waals surface area contributed by atoms with Gasteiger partial charge in [0.15, 0.2) is 0 Å². The lowest BCUT2D eigenvalue weighted by molar-refractivity contribution is 0.415. The number of hydrogen-bond donors (Lipinski definition) is 0. The highest BCUT2D eigenvalue weighted by atomic mass is 19.1. The van der Waals surface area contributed by atoms with Crippen molar-refractivity contribution in [3.05, 3.63) is 53.7 Å². The van der Waals surface area contributed by atoms with Crippen LogP contribution >= 0.6 is 0 Å². The standard InChI is InChI=1S/C16H18FO/c1-11(2)14-5-4-6-15(17)16(14)12-7-9-13(18-3)10-8-12/h5-11H,4H2,1-3H3. The summed E-state index contributed by atoms with van der Waals surface area (Å²) in [5.74, 6) is 0.988. The van der Waals surface area contributed by atoms with Crippen LogP contribution in [0.4, 0.5) is 4.39 Å². The number of hydrogen-bond acceptors (Lipinski definition) is 1. The molecule has 0 N–H and O–H groups in total. The van der Waals surface area contributed by atoms with Crippen LogP contribution in [-0.2, 0) is 0 Å². The van der Waals surface area contributed by atoms with Crippen molar-refractivity contribution in [2.45, 2.75) is 20.3 Å². The van der Waals surface area contributed by atoms with E-state index in [1.807, 2.05) is 24.3 Å². The quantitative estimate of drug-likeness (QED) is 0.758. The molecule has 0 saturated heterocycles. The molecular weight excluding hydrogens is 227 g/mol. The molecule has 18 heavy (non-hydrogen) atoms. The lowest BCUT2D eigenvalue weighted by atomic mass is 9.85. The van der Waals surface area contributed by atoms with E-state index in [1.54, 1.807) is 13.2 Å². The van der Waals surface area contributed by atoms with E-state index in [0.29, 0.717) is 12.3 Å². The molecule has 95 valence electrons. The Hall–Kier alpha value is -1.57. The minimum atomic E-state index is -0.119. The van der Waals surface area contributed by atoms with E-state index in [-0.39, 0.29) is 5.83 Å². The van der Waals surface area contributed by atoms with E-state index in [2.05, 4.69) is 20.3 Å². The number of ether oxygens (including phenoxy) is 1. The summed E-state index contributed by atoms with van der Waals surface area (Å²) in [7, 11) is 1.63. The number of halogens is 1. The molecule has 2 heteroatoms. The molecular formula is C16H18FO. The molecule has 1 nitrogen and oxygen atoms in total. The molecule has 1 aliphatic carbocycles. The molecule has 1 aromatic carbocycles. The molecule has 2 rings (SSSR count). The summed E-state index contributed by atoms with van der Waals surface area (Å²) in [6.45, 7) is 4.18. The second-order valence-corrected chi connectivity index (χ2v) is 4.71. The third kappa shape index (κ3) is 2.47. The highest BCUT2D eigenvalue weighted by Gasteiger charge is 2.20. The van der Waals surface area contributed by atoms with Gasteiger partial charge in [-0.3, -0.25) is 0 Å².